The topological polar surface area (TPSA) is 90.3 Å². The fourth-order valence-electron chi connectivity index (χ4n) is 3.57. The second-order valence-electron chi connectivity index (χ2n) is 7.17. The van der Waals surface area contributed by atoms with Crippen LogP contribution in [0.25, 0.3) is 0 Å². The molecule has 0 radical (unpaired) electrons. The van der Waals surface area contributed by atoms with Gasteiger partial charge in [0.05, 0.1) is 16.5 Å². The van der Waals surface area contributed by atoms with E-state index in [9.17, 15) is 17.6 Å². The third kappa shape index (κ3) is 4.19. The Bertz CT molecular complexity index is 1270. The number of carbonyl (C=O) groups excluding carboxylic acids is 1. The molecule has 3 aromatic rings. The Balaban J connectivity index is 1.69. The SMILES string of the molecule is N#Cc1ccc(NC(=O)[C@@H]2Cc3ccccc3CN2S(=O)(=O)c2ccc(F)cc2)cc1. The first kappa shape index (κ1) is 20.7. The molecule has 0 bridgehead atoms. The van der Waals surface area contributed by atoms with Crippen molar-refractivity contribution in [3.63, 3.8) is 0 Å². The van der Waals surface area contributed by atoms with Crippen molar-refractivity contribution in [3.8, 4) is 6.07 Å². The Morgan fingerprint density at radius 3 is 2.29 bits per heavy atom. The van der Waals surface area contributed by atoms with Gasteiger partial charge in [0.1, 0.15) is 11.9 Å². The van der Waals surface area contributed by atoms with Crippen LogP contribution in [0.2, 0.25) is 0 Å². The molecule has 0 saturated carbocycles. The number of carbonyl (C=O) groups is 1. The molecule has 0 unspecified atom stereocenters. The molecule has 31 heavy (non-hydrogen) atoms. The Hall–Kier alpha value is -3.54. The molecule has 6 nitrogen and oxygen atoms in total. The lowest BCUT2D eigenvalue weighted by molar-refractivity contribution is -0.120. The molecule has 1 N–H and O–H groups in total. The monoisotopic (exact) mass is 435 g/mol. The number of benzene rings is 3. The molecule has 0 aromatic heterocycles. The Kier molecular flexibility index (Phi) is 5.55. The molecular weight excluding hydrogens is 417 g/mol. The first-order valence-corrected chi connectivity index (χ1v) is 11.0. The van der Waals surface area contributed by atoms with Gasteiger partial charge in [-0.3, -0.25) is 4.79 Å². The number of nitrogens with one attached hydrogen (secondary N) is 1. The number of sulfonamides is 1. The lowest BCUT2D eigenvalue weighted by Gasteiger charge is -2.35. The van der Waals surface area contributed by atoms with Crippen LogP contribution in [0.5, 0.6) is 0 Å². The van der Waals surface area contributed by atoms with E-state index in [1.165, 1.54) is 12.1 Å². The summed E-state index contributed by atoms with van der Waals surface area (Å²) in [6, 6.07) is 19.3. The number of halogens is 1. The van der Waals surface area contributed by atoms with Crippen LogP contribution < -0.4 is 5.32 Å². The number of hydrogen-bond donors (Lipinski definition) is 1. The van der Waals surface area contributed by atoms with Crippen molar-refractivity contribution in [3.05, 3.63) is 95.3 Å². The molecule has 156 valence electrons. The van der Waals surface area contributed by atoms with Gasteiger partial charge in [-0.25, -0.2) is 12.8 Å². The largest absolute Gasteiger partial charge is 0.325 e. The van der Waals surface area contributed by atoms with Gasteiger partial charge < -0.3 is 5.32 Å². The Morgan fingerprint density at radius 2 is 1.65 bits per heavy atom. The maximum atomic E-state index is 13.3. The molecule has 1 aliphatic heterocycles. The van der Waals surface area contributed by atoms with Gasteiger partial charge >= 0.3 is 0 Å². The van der Waals surface area contributed by atoms with Crippen molar-refractivity contribution in [1.82, 2.24) is 4.31 Å². The minimum absolute atomic E-state index is 0.0291. The number of nitrogens with zero attached hydrogens (tertiary/aromatic N) is 2. The predicted molar refractivity (Wildman–Crippen MR) is 113 cm³/mol. The highest BCUT2D eigenvalue weighted by molar-refractivity contribution is 7.89. The van der Waals surface area contributed by atoms with E-state index in [0.717, 1.165) is 27.6 Å². The number of amides is 1. The first-order valence-electron chi connectivity index (χ1n) is 9.54. The van der Waals surface area contributed by atoms with E-state index < -0.39 is 27.8 Å². The van der Waals surface area contributed by atoms with E-state index >= 15 is 0 Å². The minimum atomic E-state index is -4.06. The molecule has 1 aliphatic rings. The second kappa shape index (κ2) is 8.30. The van der Waals surface area contributed by atoms with Crippen molar-refractivity contribution in [2.24, 2.45) is 0 Å². The molecular formula is C23H18FN3O3S. The van der Waals surface area contributed by atoms with E-state index in [4.69, 9.17) is 5.26 Å². The number of anilines is 1. The summed E-state index contributed by atoms with van der Waals surface area (Å²) < 4.78 is 41.2. The van der Waals surface area contributed by atoms with Crippen molar-refractivity contribution >= 4 is 21.6 Å². The Morgan fingerprint density at radius 1 is 1.00 bits per heavy atom. The molecule has 1 atom stereocenters. The zero-order valence-corrected chi connectivity index (χ0v) is 17.1. The molecule has 0 spiro atoms. The van der Waals surface area contributed by atoms with Gasteiger partial charge in [0.2, 0.25) is 15.9 Å². The van der Waals surface area contributed by atoms with E-state index in [1.54, 1.807) is 24.3 Å². The molecule has 4 rings (SSSR count). The molecule has 1 amide bonds. The van der Waals surface area contributed by atoms with Crippen LogP contribution in [0.15, 0.2) is 77.7 Å². The third-order valence-electron chi connectivity index (χ3n) is 5.21. The van der Waals surface area contributed by atoms with Crippen molar-refractivity contribution < 1.29 is 17.6 Å². The quantitative estimate of drug-likeness (QED) is 0.680. The van der Waals surface area contributed by atoms with Gasteiger partial charge in [-0.2, -0.15) is 9.57 Å². The summed E-state index contributed by atoms with van der Waals surface area (Å²) in [5.74, 6) is -1.03. The molecule has 3 aromatic carbocycles. The van der Waals surface area contributed by atoms with Gasteiger partial charge in [-0.1, -0.05) is 24.3 Å². The van der Waals surface area contributed by atoms with Crippen LogP contribution in [-0.2, 0) is 27.8 Å². The van der Waals surface area contributed by atoms with E-state index in [0.29, 0.717) is 11.3 Å². The van der Waals surface area contributed by atoms with E-state index in [1.807, 2.05) is 30.3 Å². The number of nitriles is 1. The predicted octanol–water partition coefficient (Wildman–Crippen LogP) is 3.45. The standard InChI is InChI=1S/C23H18FN3O3S/c24-19-7-11-21(12-8-19)31(29,30)27-15-18-4-2-1-3-17(18)13-22(27)23(28)26-20-9-5-16(14-25)6-10-20/h1-12,22H,13,15H2,(H,26,28)/t22-/m0/s1. The summed E-state index contributed by atoms with van der Waals surface area (Å²) >= 11 is 0. The van der Waals surface area contributed by atoms with Crippen molar-refractivity contribution in [2.45, 2.75) is 23.9 Å². The molecule has 0 aliphatic carbocycles. The lowest BCUT2D eigenvalue weighted by Crippen LogP contribution is -2.50. The van der Waals surface area contributed by atoms with Gasteiger partial charge in [0, 0.05) is 12.2 Å². The fourth-order valence-corrected chi connectivity index (χ4v) is 5.14. The maximum Gasteiger partial charge on any atom is 0.244 e. The highest BCUT2D eigenvalue weighted by atomic mass is 32.2. The smallest absolute Gasteiger partial charge is 0.244 e. The van der Waals surface area contributed by atoms with Crippen LogP contribution >= 0.6 is 0 Å². The number of hydrogen-bond acceptors (Lipinski definition) is 4. The van der Waals surface area contributed by atoms with Crippen LogP contribution in [0.1, 0.15) is 16.7 Å². The van der Waals surface area contributed by atoms with Crippen LogP contribution in [-0.4, -0.2) is 24.7 Å². The molecule has 1 heterocycles. The minimum Gasteiger partial charge on any atom is -0.325 e. The summed E-state index contributed by atoms with van der Waals surface area (Å²) in [5, 5.41) is 11.7. The highest BCUT2D eigenvalue weighted by Crippen LogP contribution is 2.30. The zero-order chi connectivity index (χ0) is 22.0. The maximum absolute atomic E-state index is 13.3. The first-order chi connectivity index (χ1) is 14.9. The summed E-state index contributed by atoms with van der Waals surface area (Å²) in [5.41, 5.74) is 2.62. The molecule has 0 saturated heterocycles. The van der Waals surface area contributed by atoms with Gasteiger partial charge in [0.25, 0.3) is 0 Å². The summed E-state index contributed by atoms with van der Waals surface area (Å²) in [6.45, 7) is 0.0291. The van der Waals surface area contributed by atoms with Gasteiger partial charge in [-0.15, -0.1) is 0 Å². The lowest BCUT2D eigenvalue weighted by atomic mass is 9.95. The van der Waals surface area contributed by atoms with Crippen molar-refractivity contribution in [1.29, 1.82) is 5.26 Å². The average molecular weight is 435 g/mol. The fraction of sp³-hybridized carbons (Fsp3) is 0.130. The molecule has 0 fully saturated rings. The van der Waals surface area contributed by atoms with Crippen molar-refractivity contribution in [2.75, 3.05) is 5.32 Å². The third-order valence-corrected chi connectivity index (χ3v) is 7.08. The second-order valence-corrected chi connectivity index (χ2v) is 9.06. The molecule has 8 heteroatoms. The van der Waals surface area contributed by atoms with Crippen LogP contribution in [0, 0.1) is 17.1 Å². The number of rotatable bonds is 4. The average Bonchev–Trinajstić information content (AvgIpc) is 2.79. The van der Waals surface area contributed by atoms with Gasteiger partial charge in [-0.05, 0) is 66.1 Å². The normalized spacial score (nSPS) is 16.2. The zero-order valence-electron chi connectivity index (χ0n) is 16.3. The van der Waals surface area contributed by atoms with Crippen LogP contribution in [0.4, 0.5) is 10.1 Å². The highest BCUT2D eigenvalue weighted by Gasteiger charge is 2.39. The van der Waals surface area contributed by atoms with Gasteiger partial charge in [0.15, 0.2) is 0 Å². The van der Waals surface area contributed by atoms with Crippen LogP contribution in [0.3, 0.4) is 0 Å². The van der Waals surface area contributed by atoms with E-state index in [2.05, 4.69) is 5.32 Å². The summed E-state index contributed by atoms with van der Waals surface area (Å²) in [6.07, 6.45) is 0.207. The summed E-state index contributed by atoms with van der Waals surface area (Å²) in [4.78, 5) is 13.1. The van der Waals surface area contributed by atoms with E-state index in [-0.39, 0.29) is 17.9 Å². The Labute approximate surface area is 179 Å². The number of fused-ring (bicyclic) bond motifs is 1. The summed E-state index contributed by atoms with van der Waals surface area (Å²) in [7, 11) is -4.06.